The van der Waals surface area contributed by atoms with Gasteiger partial charge in [0.25, 0.3) is 5.91 Å². The Balaban J connectivity index is 1.99. The maximum absolute atomic E-state index is 14.2. The van der Waals surface area contributed by atoms with Crippen molar-refractivity contribution in [2.24, 2.45) is 0 Å². The minimum absolute atomic E-state index is 0.286. The molecule has 2 amide bonds. The number of nitrogens with one attached hydrogen (secondary N) is 1. The molecule has 0 aliphatic heterocycles. The number of carbonyl (C=O) groups is 2. The average Bonchev–Trinajstić information content (AvgIpc) is 2.90. The normalized spacial score (nSPS) is 10.6. The van der Waals surface area contributed by atoms with Crippen molar-refractivity contribution >= 4 is 28.6 Å². The van der Waals surface area contributed by atoms with E-state index in [1.54, 1.807) is 6.07 Å². The zero-order valence-corrected chi connectivity index (χ0v) is 19.2. The molecule has 0 atom stereocenters. The van der Waals surface area contributed by atoms with Gasteiger partial charge in [0, 0.05) is 10.9 Å². The SMILES string of the molecule is CCc1ccccc1N(NC(=O)OC)C(=O)c1c(OC)c(-c2ccccc2)nc2ccccc12. The van der Waals surface area contributed by atoms with Crippen LogP contribution in [0.4, 0.5) is 10.5 Å². The Hall–Kier alpha value is -4.39. The molecule has 7 heteroatoms. The van der Waals surface area contributed by atoms with Gasteiger partial charge in [0.2, 0.25) is 0 Å². The summed E-state index contributed by atoms with van der Waals surface area (Å²) in [6.45, 7) is 1.98. The molecule has 0 saturated carbocycles. The number of hydrogen-bond acceptors (Lipinski definition) is 5. The fourth-order valence-electron chi connectivity index (χ4n) is 3.89. The minimum atomic E-state index is -0.764. The molecular weight excluding hydrogens is 430 g/mol. The van der Waals surface area contributed by atoms with Crippen LogP contribution >= 0.6 is 0 Å². The van der Waals surface area contributed by atoms with E-state index in [4.69, 9.17) is 14.5 Å². The molecule has 0 saturated heterocycles. The lowest BCUT2D eigenvalue weighted by molar-refractivity contribution is 0.0963. The number of amides is 2. The third kappa shape index (κ3) is 4.28. The average molecular weight is 456 g/mol. The van der Waals surface area contributed by atoms with E-state index in [0.717, 1.165) is 11.1 Å². The number of methoxy groups -OCH3 is 2. The summed E-state index contributed by atoms with van der Waals surface area (Å²) in [6.07, 6.45) is -0.105. The zero-order chi connectivity index (χ0) is 24.1. The molecule has 1 aromatic heterocycles. The first-order chi connectivity index (χ1) is 16.6. The highest BCUT2D eigenvalue weighted by molar-refractivity contribution is 6.17. The van der Waals surface area contributed by atoms with Crippen LogP contribution in [0.5, 0.6) is 5.75 Å². The molecule has 0 unspecified atom stereocenters. The summed E-state index contributed by atoms with van der Waals surface area (Å²) in [5, 5.41) is 1.82. The molecule has 0 aliphatic rings. The van der Waals surface area contributed by atoms with Crippen molar-refractivity contribution in [2.75, 3.05) is 19.2 Å². The number of ether oxygens (including phenoxy) is 2. The van der Waals surface area contributed by atoms with Gasteiger partial charge in [0.1, 0.15) is 5.69 Å². The number of aryl methyl sites for hydroxylation is 1. The number of benzene rings is 3. The first kappa shape index (κ1) is 22.8. The number of pyridine rings is 1. The summed E-state index contributed by atoms with van der Waals surface area (Å²) in [5.41, 5.74) is 6.26. The number of hydrogen-bond donors (Lipinski definition) is 1. The number of fused-ring (bicyclic) bond motifs is 1. The van der Waals surface area contributed by atoms with Crippen molar-refractivity contribution in [3.8, 4) is 17.0 Å². The summed E-state index contributed by atoms with van der Waals surface area (Å²) in [7, 11) is 2.76. The monoisotopic (exact) mass is 455 g/mol. The molecule has 34 heavy (non-hydrogen) atoms. The van der Waals surface area contributed by atoms with Crippen molar-refractivity contribution in [2.45, 2.75) is 13.3 Å². The van der Waals surface area contributed by atoms with Crippen molar-refractivity contribution in [1.82, 2.24) is 10.4 Å². The molecule has 0 spiro atoms. The molecular formula is C27H25N3O4. The van der Waals surface area contributed by atoms with Crippen LogP contribution in [-0.2, 0) is 11.2 Å². The lowest BCUT2D eigenvalue weighted by Gasteiger charge is -2.26. The van der Waals surface area contributed by atoms with E-state index in [0.29, 0.717) is 34.5 Å². The van der Waals surface area contributed by atoms with Gasteiger partial charge in [-0.05, 0) is 24.1 Å². The maximum atomic E-state index is 14.2. The molecule has 4 aromatic rings. The Kier molecular flexibility index (Phi) is 6.73. The van der Waals surface area contributed by atoms with E-state index in [1.165, 1.54) is 19.2 Å². The minimum Gasteiger partial charge on any atom is -0.494 e. The Morgan fingerprint density at radius 2 is 1.59 bits per heavy atom. The number of anilines is 1. The van der Waals surface area contributed by atoms with Gasteiger partial charge in [-0.3, -0.25) is 4.79 Å². The third-order valence-electron chi connectivity index (χ3n) is 5.52. The fraction of sp³-hybridized carbons (Fsp3) is 0.148. The van der Waals surface area contributed by atoms with Crippen molar-refractivity contribution in [1.29, 1.82) is 0 Å². The lowest BCUT2D eigenvalue weighted by Crippen LogP contribution is -2.47. The Morgan fingerprint density at radius 3 is 2.29 bits per heavy atom. The predicted octanol–water partition coefficient (Wildman–Crippen LogP) is 5.39. The van der Waals surface area contributed by atoms with Crippen LogP contribution in [0.15, 0.2) is 78.9 Å². The zero-order valence-electron chi connectivity index (χ0n) is 19.2. The number of rotatable bonds is 5. The summed E-state index contributed by atoms with van der Waals surface area (Å²) >= 11 is 0. The molecule has 172 valence electrons. The molecule has 3 aromatic carbocycles. The molecule has 1 N–H and O–H groups in total. The van der Waals surface area contributed by atoms with Crippen LogP contribution in [0.3, 0.4) is 0 Å². The summed E-state index contributed by atoms with van der Waals surface area (Å²) in [6, 6.07) is 24.3. The second-order valence-electron chi connectivity index (χ2n) is 7.48. The highest BCUT2D eigenvalue weighted by atomic mass is 16.5. The highest BCUT2D eigenvalue weighted by Crippen LogP contribution is 2.37. The molecule has 7 nitrogen and oxygen atoms in total. The second-order valence-corrected chi connectivity index (χ2v) is 7.48. The Labute approximate surface area is 197 Å². The van der Waals surface area contributed by atoms with Crippen molar-refractivity contribution in [3.63, 3.8) is 0 Å². The van der Waals surface area contributed by atoms with E-state index in [1.807, 2.05) is 79.7 Å². The summed E-state index contributed by atoms with van der Waals surface area (Å²) in [5.74, 6) is -0.153. The van der Waals surface area contributed by atoms with Gasteiger partial charge in [0.15, 0.2) is 5.75 Å². The van der Waals surface area contributed by atoms with E-state index in [-0.39, 0.29) is 5.56 Å². The largest absolute Gasteiger partial charge is 0.494 e. The molecule has 0 bridgehead atoms. The maximum Gasteiger partial charge on any atom is 0.426 e. The standard InChI is InChI=1S/C27H25N3O4/c1-4-18-12-8-11-17-22(18)30(29-27(32)34-3)26(31)23-20-15-9-10-16-21(20)28-24(25(23)33-2)19-13-6-5-7-14-19/h5-17H,4H2,1-3H3,(H,29,32). The quantitative estimate of drug-likeness (QED) is 0.408. The van der Waals surface area contributed by atoms with Crippen LogP contribution in [-0.4, -0.2) is 31.2 Å². The van der Waals surface area contributed by atoms with Crippen molar-refractivity contribution < 1.29 is 19.1 Å². The van der Waals surface area contributed by atoms with E-state index < -0.39 is 12.0 Å². The molecule has 0 radical (unpaired) electrons. The topological polar surface area (TPSA) is 80.8 Å². The van der Waals surface area contributed by atoms with Gasteiger partial charge in [-0.25, -0.2) is 20.2 Å². The first-order valence-electron chi connectivity index (χ1n) is 10.9. The second kappa shape index (κ2) is 10.0. The number of hydrazine groups is 1. The van der Waals surface area contributed by atoms with Crippen LogP contribution in [0.25, 0.3) is 22.2 Å². The fourth-order valence-corrected chi connectivity index (χ4v) is 3.89. The van der Waals surface area contributed by atoms with Gasteiger partial charge >= 0.3 is 6.09 Å². The first-order valence-corrected chi connectivity index (χ1v) is 10.9. The van der Waals surface area contributed by atoms with Gasteiger partial charge in [-0.15, -0.1) is 0 Å². The summed E-state index contributed by atoms with van der Waals surface area (Å²) in [4.78, 5) is 31.3. The van der Waals surface area contributed by atoms with Gasteiger partial charge in [-0.1, -0.05) is 73.7 Å². The van der Waals surface area contributed by atoms with Gasteiger partial charge < -0.3 is 9.47 Å². The number of para-hydroxylation sites is 2. The van der Waals surface area contributed by atoms with E-state index in [2.05, 4.69) is 5.43 Å². The molecule has 4 rings (SSSR count). The summed E-state index contributed by atoms with van der Waals surface area (Å²) < 4.78 is 10.6. The van der Waals surface area contributed by atoms with Crippen LogP contribution in [0, 0.1) is 0 Å². The van der Waals surface area contributed by atoms with E-state index in [9.17, 15) is 9.59 Å². The number of aromatic nitrogens is 1. The molecule has 0 aliphatic carbocycles. The van der Waals surface area contributed by atoms with Crippen molar-refractivity contribution in [3.05, 3.63) is 90.0 Å². The molecule has 1 heterocycles. The number of carbonyl (C=O) groups excluding carboxylic acids is 2. The smallest absolute Gasteiger partial charge is 0.426 e. The van der Waals surface area contributed by atoms with E-state index >= 15 is 0 Å². The van der Waals surface area contributed by atoms with Gasteiger partial charge in [0.05, 0.1) is 31.0 Å². The molecule has 0 fully saturated rings. The third-order valence-corrected chi connectivity index (χ3v) is 5.52. The lowest BCUT2D eigenvalue weighted by atomic mass is 10.0. The van der Waals surface area contributed by atoms with Crippen LogP contribution in [0.2, 0.25) is 0 Å². The number of nitrogens with zero attached hydrogens (tertiary/aromatic N) is 2. The predicted molar refractivity (Wildman–Crippen MR) is 132 cm³/mol. The highest BCUT2D eigenvalue weighted by Gasteiger charge is 2.29. The Bertz CT molecular complexity index is 1340. The van der Waals surface area contributed by atoms with Crippen LogP contribution in [0.1, 0.15) is 22.8 Å². The van der Waals surface area contributed by atoms with Gasteiger partial charge in [-0.2, -0.15) is 0 Å². The Morgan fingerprint density at radius 1 is 0.912 bits per heavy atom. The van der Waals surface area contributed by atoms with Crippen LogP contribution < -0.4 is 15.2 Å².